The Labute approximate surface area is 189 Å². The van der Waals surface area contributed by atoms with Crippen molar-refractivity contribution in [2.45, 2.75) is 30.6 Å². The minimum absolute atomic E-state index is 0. The molecular weight excluding hydrogens is 417 g/mol. The van der Waals surface area contributed by atoms with Crippen LogP contribution >= 0.6 is 24.2 Å². The highest BCUT2D eigenvalue weighted by molar-refractivity contribution is 7.98. The van der Waals surface area contributed by atoms with Gasteiger partial charge in [0.2, 0.25) is 0 Å². The predicted octanol–water partition coefficient (Wildman–Crippen LogP) is 5.99. The van der Waals surface area contributed by atoms with Crippen LogP contribution in [0, 0.1) is 5.82 Å². The summed E-state index contributed by atoms with van der Waals surface area (Å²) in [7, 11) is 0. The Balaban J connectivity index is 0.00000256. The molecule has 0 spiro atoms. The highest BCUT2D eigenvalue weighted by atomic mass is 35.5. The van der Waals surface area contributed by atoms with Crippen LogP contribution in [0.25, 0.3) is 10.9 Å². The van der Waals surface area contributed by atoms with Crippen LogP contribution in [-0.4, -0.2) is 48.9 Å². The van der Waals surface area contributed by atoms with Gasteiger partial charge in [0, 0.05) is 48.2 Å². The number of unbranched alkanes of at least 4 members (excludes halogenated alkanes) is 2. The van der Waals surface area contributed by atoms with Gasteiger partial charge in [-0.25, -0.2) is 4.39 Å². The van der Waals surface area contributed by atoms with Gasteiger partial charge in [0.25, 0.3) is 0 Å². The summed E-state index contributed by atoms with van der Waals surface area (Å²) >= 11 is 1.83. The van der Waals surface area contributed by atoms with Gasteiger partial charge in [-0.1, -0.05) is 18.6 Å². The highest BCUT2D eigenvalue weighted by Gasteiger charge is 2.18. The fraction of sp³-hybridized carbons (Fsp3) is 0.417. The number of nitrogens with zero attached hydrogens (tertiary/aromatic N) is 2. The molecule has 0 aliphatic carbocycles. The molecule has 0 bridgehead atoms. The standard InChI is InChI=1S/C24H30FN3S.ClH/c1-29-24-9-5-4-8-23(24)28-15-13-27(14-16-28)12-6-2-3-7-19-18-26-22-11-10-20(25)17-21(19)22;/h4-5,8-11,17-18,26H,2-3,6-7,12-16H2,1H3;1H. The van der Waals surface area contributed by atoms with E-state index in [1.807, 2.05) is 24.0 Å². The Kier molecular flexibility index (Phi) is 8.49. The third-order valence-corrected chi connectivity index (χ3v) is 6.73. The zero-order valence-electron chi connectivity index (χ0n) is 17.6. The first-order valence-corrected chi connectivity index (χ1v) is 11.8. The lowest BCUT2D eigenvalue weighted by Gasteiger charge is -2.36. The molecule has 1 fully saturated rings. The van der Waals surface area contributed by atoms with Crippen LogP contribution in [0.5, 0.6) is 0 Å². The lowest BCUT2D eigenvalue weighted by molar-refractivity contribution is 0.252. The third kappa shape index (κ3) is 5.51. The molecule has 1 aliphatic rings. The Bertz CT molecular complexity index is 937. The minimum atomic E-state index is -0.155. The smallest absolute Gasteiger partial charge is 0.123 e. The molecule has 1 saturated heterocycles. The number of thioether (sulfide) groups is 1. The summed E-state index contributed by atoms with van der Waals surface area (Å²) in [6.07, 6.45) is 8.82. The maximum atomic E-state index is 13.5. The number of fused-ring (bicyclic) bond motifs is 1. The molecule has 2 heterocycles. The van der Waals surface area contributed by atoms with Crippen LogP contribution in [0.4, 0.5) is 10.1 Å². The van der Waals surface area contributed by atoms with Gasteiger partial charge in [0.15, 0.2) is 0 Å². The van der Waals surface area contributed by atoms with Crippen molar-refractivity contribution in [1.82, 2.24) is 9.88 Å². The molecule has 1 aromatic heterocycles. The number of anilines is 1. The van der Waals surface area contributed by atoms with Crippen LogP contribution in [-0.2, 0) is 6.42 Å². The molecule has 0 amide bonds. The molecule has 162 valence electrons. The SMILES string of the molecule is CSc1ccccc1N1CCN(CCCCCc2c[nH]c3ccc(F)cc23)CC1.Cl. The average molecular weight is 448 g/mol. The summed E-state index contributed by atoms with van der Waals surface area (Å²) in [5.41, 5.74) is 3.65. The molecule has 0 atom stereocenters. The molecule has 3 nitrogen and oxygen atoms in total. The maximum absolute atomic E-state index is 13.5. The summed E-state index contributed by atoms with van der Waals surface area (Å²) in [5.74, 6) is -0.155. The number of hydrogen-bond donors (Lipinski definition) is 1. The molecule has 4 rings (SSSR count). The number of aryl methyl sites for hydroxylation is 1. The van der Waals surface area contributed by atoms with Crippen molar-refractivity contribution in [2.75, 3.05) is 43.9 Å². The summed E-state index contributed by atoms with van der Waals surface area (Å²) in [6.45, 7) is 5.69. The molecular formula is C24H31ClFN3S. The number of H-pyrrole nitrogens is 1. The van der Waals surface area contributed by atoms with Crippen molar-refractivity contribution in [3.8, 4) is 0 Å². The first-order valence-electron chi connectivity index (χ1n) is 10.6. The van der Waals surface area contributed by atoms with Crippen LogP contribution in [0.15, 0.2) is 53.6 Å². The first-order chi connectivity index (χ1) is 14.2. The zero-order chi connectivity index (χ0) is 20.1. The van der Waals surface area contributed by atoms with Crippen molar-refractivity contribution >= 4 is 40.8 Å². The lowest BCUT2D eigenvalue weighted by Crippen LogP contribution is -2.46. The molecule has 6 heteroatoms. The summed E-state index contributed by atoms with van der Waals surface area (Å²) in [4.78, 5) is 9.75. The Morgan fingerprint density at radius 3 is 2.60 bits per heavy atom. The second-order valence-electron chi connectivity index (χ2n) is 7.82. The monoisotopic (exact) mass is 447 g/mol. The van der Waals surface area contributed by atoms with Crippen molar-refractivity contribution < 1.29 is 4.39 Å². The van der Waals surface area contributed by atoms with Crippen molar-refractivity contribution in [2.24, 2.45) is 0 Å². The van der Waals surface area contributed by atoms with E-state index < -0.39 is 0 Å². The summed E-state index contributed by atoms with van der Waals surface area (Å²) < 4.78 is 13.5. The largest absolute Gasteiger partial charge is 0.368 e. The van der Waals surface area contributed by atoms with Gasteiger partial charge in [-0.05, 0) is 68.0 Å². The first kappa shape index (κ1) is 23.0. The maximum Gasteiger partial charge on any atom is 0.123 e. The summed E-state index contributed by atoms with van der Waals surface area (Å²) in [5, 5.41) is 1.03. The van der Waals surface area contributed by atoms with Crippen LogP contribution < -0.4 is 4.90 Å². The van der Waals surface area contributed by atoms with Gasteiger partial charge >= 0.3 is 0 Å². The Morgan fingerprint density at radius 2 is 1.80 bits per heavy atom. The number of halogens is 2. The number of piperazine rings is 1. The molecule has 0 saturated carbocycles. The molecule has 3 aromatic rings. The van der Waals surface area contributed by atoms with Gasteiger partial charge < -0.3 is 9.88 Å². The van der Waals surface area contributed by atoms with Crippen LogP contribution in [0.1, 0.15) is 24.8 Å². The van der Waals surface area contributed by atoms with Gasteiger partial charge in [-0.2, -0.15) is 0 Å². The van der Waals surface area contributed by atoms with Crippen LogP contribution in [0.2, 0.25) is 0 Å². The molecule has 30 heavy (non-hydrogen) atoms. The van der Waals surface area contributed by atoms with E-state index in [4.69, 9.17) is 0 Å². The Morgan fingerprint density at radius 1 is 1.00 bits per heavy atom. The number of aromatic nitrogens is 1. The number of hydrogen-bond acceptors (Lipinski definition) is 3. The highest BCUT2D eigenvalue weighted by Crippen LogP contribution is 2.29. The lowest BCUT2D eigenvalue weighted by atomic mass is 10.1. The van der Waals surface area contributed by atoms with E-state index >= 15 is 0 Å². The second kappa shape index (κ2) is 11.1. The third-order valence-electron chi connectivity index (χ3n) is 5.95. The van der Waals surface area contributed by atoms with E-state index in [1.54, 1.807) is 6.07 Å². The molecule has 2 aromatic carbocycles. The Hall–Kier alpha value is -1.69. The quantitative estimate of drug-likeness (QED) is 0.339. The molecule has 1 aliphatic heterocycles. The van der Waals surface area contributed by atoms with Crippen LogP contribution in [0.3, 0.4) is 0 Å². The normalized spacial score (nSPS) is 14.8. The number of aromatic amines is 1. The minimum Gasteiger partial charge on any atom is -0.368 e. The van der Waals surface area contributed by atoms with Gasteiger partial charge in [-0.3, -0.25) is 4.90 Å². The van der Waals surface area contributed by atoms with Crippen molar-refractivity contribution in [3.05, 3.63) is 60.0 Å². The number of nitrogens with one attached hydrogen (secondary N) is 1. The van der Waals surface area contributed by atoms with E-state index in [-0.39, 0.29) is 18.2 Å². The van der Waals surface area contributed by atoms with E-state index in [2.05, 4.69) is 45.3 Å². The van der Waals surface area contributed by atoms with Gasteiger partial charge in [-0.15, -0.1) is 24.2 Å². The number of benzene rings is 2. The fourth-order valence-electron chi connectivity index (χ4n) is 4.29. The number of rotatable bonds is 8. The van der Waals surface area contributed by atoms with E-state index in [0.717, 1.165) is 49.9 Å². The van der Waals surface area contributed by atoms with Crippen molar-refractivity contribution in [3.63, 3.8) is 0 Å². The predicted molar refractivity (Wildman–Crippen MR) is 130 cm³/mol. The van der Waals surface area contributed by atoms with E-state index in [9.17, 15) is 4.39 Å². The zero-order valence-corrected chi connectivity index (χ0v) is 19.2. The van der Waals surface area contributed by atoms with E-state index in [1.165, 1.54) is 41.6 Å². The fourth-order valence-corrected chi connectivity index (χ4v) is 4.91. The second-order valence-corrected chi connectivity index (χ2v) is 8.66. The van der Waals surface area contributed by atoms with Gasteiger partial charge in [0.05, 0.1) is 5.69 Å². The van der Waals surface area contributed by atoms with Gasteiger partial charge in [0.1, 0.15) is 5.82 Å². The molecule has 0 unspecified atom stereocenters. The number of para-hydroxylation sites is 1. The topological polar surface area (TPSA) is 22.3 Å². The summed E-state index contributed by atoms with van der Waals surface area (Å²) in [6, 6.07) is 13.7. The van der Waals surface area contributed by atoms with Crippen molar-refractivity contribution in [1.29, 1.82) is 0 Å². The van der Waals surface area contributed by atoms with E-state index in [0.29, 0.717) is 0 Å². The molecule has 1 N–H and O–H groups in total. The molecule has 0 radical (unpaired) electrons. The average Bonchev–Trinajstić information content (AvgIpc) is 3.16.